The van der Waals surface area contributed by atoms with E-state index in [1.54, 1.807) is 62.4 Å². The molecule has 0 saturated heterocycles. The van der Waals surface area contributed by atoms with Crippen molar-refractivity contribution in [2.45, 2.75) is 26.9 Å². The van der Waals surface area contributed by atoms with Crippen LogP contribution in [-0.4, -0.2) is 30.2 Å². The smallest absolute Gasteiger partial charge is 0.255 e. The second kappa shape index (κ2) is 9.40. The second-order valence-corrected chi connectivity index (χ2v) is 8.34. The van der Waals surface area contributed by atoms with Crippen LogP contribution in [0.3, 0.4) is 0 Å². The molecule has 30 heavy (non-hydrogen) atoms. The number of rotatable bonds is 9. The Morgan fingerprint density at radius 1 is 1.07 bits per heavy atom. The number of hydrogen-bond donors (Lipinski definition) is 2. The normalized spacial score (nSPS) is 11.1. The van der Waals surface area contributed by atoms with Crippen molar-refractivity contribution in [3.8, 4) is 5.75 Å². The van der Waals surface area contributed by atoms with Crippen molar-refractivity contribution in [2.24, 2.45) is 0 Å². The number of hydrogen-bond acceptors (Lipinski definition) is 7. The summed E-state index contributed by atoms with van der Waals surface area (Å²) in [6.45, 7) is 3.66. The van der Waals surface area contributed by atoms with Crippen LogP contribution in [0.5, 0.6) is 5.75 Å². The van der Waals surface area contributed by atoms with Crippen LogP contribution in [-0.2, 0) is 16.6 Å². The third kappa shape index (κ3) is 6.05. The molecule has 0 aliphatic carbocycles. The predicted octanol–water partition coefficient (Wildman–Crippen LogP) is 3.36. The molecule has 2 N–H and O–H groups in total. The average Bonchev–Trinajstić information content (AvgIpc) is 3.13. The first-order valence-electron chi connectivity index (χ1n) is 9.28. The van der Waals surface area contributed by atoms with E-state index in [2.05, 4.69) is 20.2 Å². The lowest BCUT2D eigenvalue weighted by Gasteiger charge is -2.09. The summed E-state index contributed by atoms with van der Waals surface area (Å²) in [4.78, 5) is 16.5. The summed E-state index contributed by atoms with van der Waals surface area (Å²) >= 11 is 0. The number of benzene rings is 2. The van der Waals surface area contributed by atoms with Gasteiger partial charge in [0.2, 0.25) is 21.7 Å². The number of aromatic nitrogens is 2. The number of carbonyl (C=O) groups is 1. The quantitative estimate of drug-likeness (QED) is 0.533. The van der Waals surface area contributed by atoms with E-state index >= 15 is 0 Å². The number of nitrogens with one attached hydrogen (secondary N) is 2. The fourth-order valence-corrected chi connectivity index (χ4v) is 3.71. The first kappa shape index (κ1) is 21.3. The fraction of sp³-hybridized carbons (Fsp3) is 0.250. The third-order valence-electron chi connectivity index (χ3n) is 3.94. The van der Waals surface area contributed by atoms with Crippen molar-refractivity contribution in [2.75, 3.05) is 15.8 Å². The highest BCUT2D eigenvalue weighted by Crippen LogP contribution is 2.18. The Morgan fingerprint density at radius 3 is 2.33 bits per heavy atom. The van der Waals surface area contributed by atoms with Gasteiger partial charge in [-0.2, -0.15) is 4.98 Å². The fourth-order valence-electron chi connectivity index (χ4n) is 2.57. The predicted molar refractivity (Wildman–Crippen MR) is 112 cm³/mol. The molecule has 0 fully saturated rings. The molecular weight excluding hydrogens is 408 g/mol. The highest BCUT2D eigenvalue weighted by Gasteiger charge is 2.10. The third-order valence-corrected chi connectivity index (χ3v) is 5.44. The van der Waals surface area contributed by atoms with Gasteiger partial charge in [0.1, 0.15) is 5.75 Å². The maximum absolute atomic E-state index is 12.4. The van der Waals surface area contributed by atoms with Crippen molar-refractivity contribution in [3.63, 3.8) is 0 Å². The molecular formula is C20H22N4O5S. The molecule has 0 saturated carbocycles. The van der Waals surface area contributed by atoms with Gasteiger partial charge < -0.3 is 14.6 Å². The van der Waals surface area contributed by atoms with Crippen molar-refractivity contribution < 1.29 is 22.5 Å². The van der Waals surface area contributed by atoms with Crippen molar-refractivity contribution >= 4 is 27.3 Å². The van der Waals surface area contributed by atoms with Crippen molar-refractivity contribution in [1.82, 2.24) is 10.1 Å². The van der Waals surface area contributed by atoms with Crippen LogP contribution in [0.1, 0.15) is 35.4 Å². The Balaban J connectivity index is 1.55. The Kier molecular flexibility index (Phi) is 6.68. The Morgan fingerprint density at radius 2 is 1.73 bits per heavy atom. The van der Waals surface area contributed by atoms with Gasteiger partial charge in [-0.05, 0) is 55.0 Å². The van der Waals surface area contributed by atoms with Crippen LogP contribution in [0, 0.1) is 6.92 Å². The number of ether oxygens (including phenoxy) is 1. The van der Waals surface area contributed by atoms with Gasteiger partial charge in [0.25, 0.3) is 5.91 Å². The van der Waals surface area contributed by atoms with Gasteiger partial charge >= 0.3 is 0 Å². The molecule has 0 aliphatic heterocycles. The molecule has 2 aromatic carbocycles. The summed E-state index contributed by atoms with van der Waals surface area (Å²) in [5, 5.41) is 6.51. The number of amides is 1. The van der Waals surface area contributed by atoms with Gasteiger partial charge in [-0.1, -0.05) is 12.1 Å². The molecule has 158 valence electrons. The maximum Gasteiger partial charge on any atom is 0.255 e. The first-order valence-corrected chi connectivity index (χ1v) is 10.9. The van der Waals surface area contributed by atoms with E-state index in [1.165, 1.54) is 0 Å². The molecule has 1 aromatic heterocycles. The zero-order valence-corrected chi connectivity index (χ0v) is 17.4. The van der Waals surface area contributed by atoms with Crippen LogP contribution in [0.4, 0.5) is 11.4 Å². The zero-order valence-electron chi connectivity index (χ0n) is 16.6. The van der Waals surface area contributed by atoms with Gasteiger partial charge in [-0.25, -0.2) is 8.42 Å². The van der Waals surface area contributed by atoms with Crippen molar-refractivity contribution in [1.29, 1.82) is 0 Å². The van der Waals surface area contributed by atoms with Gasteiger partial charge in [0, 0.05) is 23.9 Å². The summed E-state index contributed by atoms with van der Waals surface area (Å²) in [6, 6.07) is 13.1. The lowest BCUT2D eigenvalue weighted by molar-refractivity contribution is 0.102. The minimum absolute atomic E-state index is 0.0555. The minimum atomic E-state index is -3.35. The number of aryl methyl sites for hydroxylation is 1. The molecule has 3 aromatic rings. The Hall–Kier alpha value is -3.40. The number of carbonyl (C=O) groups excluding carboxylic acids is 1. The number of nitrogens with zero attached hydrogens (tertiary/aromatic N) is 2. The molecule has 9 nitrogen and oxygen atoms in total. The van der Waals surface area contributed by atoms with Crippen LogP contribution in [0.15, 0.2) is 53.1 Å². The summed E-state index contributed by atoms with van der Waals surface area (Å²) in [7, 11) is -3.35. The van der Waals surface area contributed by atoms with Gasteiger partial charge in [0.15, 0.2) is 6.61 Å². The highest BCUT2D eigenvalue weighted by molar-refractivity contribution is 7.92. The van der Waals surface area contributed by atoms with Crippen LogP contribution in [0.2, 0.25) is 0 Å². The summed E-state index contributed by atoms with van der Waals surface area (Å²) in [6.07, 6.45) is 0.532. The average molecular weight is 430 g/mol. The van der Waals surface area contributed by atoms with E-state index < -0.39 is 10.0 Å². The van der Waals surface area contributed by atoms with E-state index in [0.29, 0.717) is 40.8 Å². The van der Waals surface area contributed by atoms with E-state index in [4.69, 9.17) is 9.26 Å². The van der Waals surface area contributed by atoms with E-state index in [9.17, 15) is 13.2 Å². The number of sulfonamides is 1. The highest BCUT2D eigenvalue weighted by atomic mass is 32.2. The molecule has 0 atom stereocenters. The molecule has 0 spiro atoms. The molecule has 10 heteroatoms. The maximum atomic E-state index is 12.4. The minimum Gasteiger partial charge on any atom is -0.485 e. The van der Waals surface area contributed by atoms with Crippen LogP contribution >= 0.6 is 0 Å². The lowest BCUT2D eigenvalue weighted by atomic mass is 10.2. The van der Waals surface area contributed by atoms with Crippen LogP contribution < -0.4 is 14.8 Å². The van der Waals surface area contributed by atoms with Gasteiger partial charge in [-0.3, -0.25) is 9.52 Å². The van der Waals surface area contributed by atoms with Crippen LogP contribution in [0.25, 0.3) is 0 Å². The van der Waals surface area contributed by atoms with E-state index in [1.807, 2.05) is 0 Å². The Labute approximate surface area is 174 Å². The summed E-state index contributed by atoms with van der Waals surface area (Å²) in [5.74, 6) is 1.23. The van der Waals surface area contributed by atoms with Gasteiger partial charge in [0.05, 0.1) is 5.75 Å². The molecule has 1 heterocycles. The SMILES string of the molecule is CCCS(=O)(=O)Nc1ccc(NC(=O)c2ccc(OCc3noc(C)n3)cc2)cc1. The lowest BCUT2D eigenvalue weighted by Crippen LogP contribution is -2.16. The zero-order chi connectivity index (χ0) is 21.6. The topological polar surface area (TPSA) is 123 Å². The first-order chi connectivity index (χ1) is 14.3. The molecule has 3 rings (SSSR count). The van der Waals surface area contributed by atoms with Gasteiger partial charge in [-0.15, -0.1) is 0 Å². The van der Waals surface area contributed by atoms with E-state index in [0.717, 1.165) is 0 Å². The molecule has 0 unspecified atom stereocenters. The monoisotopic (exact) mass is 430 g/mol. The largest absolute Gasteiger partial charge is 0.485 e. The summed E-state index contributed by atoms with van der Waals surface area (Å²) in [5.41, 5.74) is 1.44. The molecule has 1 amide bonds. The summed E-state index contributed by atoms with van der Waals surface area (Å²) < 4.78 is 36.5. The molecule has 0 radical (unpaired) electrons. The van der Waals surface area contributed by atoms with E-state index in [-0.39, 0.29) is 18.3 Å². The second-order valence-electron chi connectivity index (χ2n) is 6.50. The molecule has 0 aliphatic rings. The Bertz CT molecular complexity index is 1090. The molecule has 0 bridgehead atoms. The van der Waals surface area contributed by atoms with Crippen molar-refractivity contribution in [3.05, 3.63) is 65.8 Å². The number of anilines is 2. The standard InChI is InChI=1S/C20H22N4O5S/c1-3-12-30(26,27)24-17-8-6-16(7-9-17)22-20(25)15-4-10-18(11-5-15)28-13-19-21-14(2)29-23-19/h4-11,24H,3,12-13H2,1-2H3,(H,22,25).